The zero-order chi connectivity index (χ0) is 16.2. The van der Waals surface area contributed by atoms with E-state index in [0.29, 0.717) is 19.4 Å². The third kappa shape index (κ3) is 6.27. The van der Waals surface area contributed by atoms with E-state index in [1.54, 1.807) is 12.1 Å². The first-order chi connectivity index (χ1) is 10.3. The number of nitrogens with zero attached hydrogens (tertiary/aromatic N) is 1. The van der Waals surface area contributed by atoms with Crippen molar-refractivity contribution >= 4 is 18.3 Å². The van der Waals surface area contributed by atoms with Crippen molar-refractivity contribution in [3.63, 3.8) is 0 Å². The second-order valence-corrected chi connectivity index (χ2v) is 5.33. The molecular weight excluding hydrogens is 333 g/mol. The normalized spacial score (nSPS) is 18.3. The Balaban J connectivity index is 0.00000264. The van der Waals surface area contributed by atoms with Gasteiger partial charge in [-0.05, 0) is 31.0 Å². The fourth-order valence-corrected chi connectivity index (χ4v) is 2.46. The van der Waals surface area contributed by atoms with E-state index in [2.05, 4.69) is 10.1 Å². The predicted octanol–water partition coefficient (Wildman–Crippen LogP) is 2.76. The van der Waals surface area contributed by atoms with Crippen LogP contribution in [0.25, 0.3) is 0 Å². The molecule has 1 aliphatic rings. The first-order valence-electron chi connectivity index (χ1n) is 7.20. The molecular formula is C15H20ClF3N2O2. The highest BCUT2D eigenvalue weighted by Crippen LogP contribution is 2.23. The molecule has 1 amide bonds. The molecule has 2 rings (SSSR count). The highest BCUT2D eigenvalue weighted by Gasteiger charge is 2.31. The van der Waals surface area contributed by atoms with Gasteiger partial charge in [-0.1, -0.05) is 12.1 Å². The van der Waals surface area contributed by atoms with Gasteiger partial charge in [-0.15, -0.1) is 25.6 Å². The van der Waals surface area contributed by atoms with Crippen LogP contribution in [0.15, 0.2) is 24.3 Å². The molecule has 23 heavy (non-hydrogen) atoms. The van der Waals surface area contributed by atoms with Gasteiger partial charge >= 0.3 is 6.36 Å². The van der Waals surface area contributed by atoms with Crippen LogP contribution in [0.5, 0.6) is 5.75 Å². The van der Waals surface area contributed by atoms with E-state index in [4.69, 9.17) is 0 Å². The highest BCUT2D eigenvalue weighted by molar-refractivity contribution is 5.85. The van der Waals surface area contributed by atoms with Crippen molar-refractivity contribution in [3.8, 4) is 5.75 Å². The van der Waals surface area contributed by atoms with Crippen molar-refractivity contribution in [2.75, 3.05) is 19.6 Å². The zero-order valence-electron chi connectivity index (χ0n) is 12.7. The number of hydrogen-bond donors (Lipinski definition) is 1. The monoisotopic (exact) mass is 352 g/mol. The minimum atomic E-state index is -4.68. The number of carbonyl (C=O) groups is 1. The molecule has 0 aromatic heterocycles. The molecule has 0 radical (unpaired) electrons. The summed E-state index contributed by atoms with van der Waals surface area (Å²) in [6.45, 7) is 4.26. The van der Waals surface area contributed by atoms with Crippen molar-refractivity contribution < 1.29 is 22.7 Å². The van der Waals surface area contributed by atoms with Gasteiger partial charge in [0.1, 0.15) is 5.75 Å². The molecule has 0 spiro atoms. The Morgan fingerprint density at radius 2 is 2.00 bits per heavy atom. The SMILES string of the molecule is C[C@@H]1CNCCN1C(=O)CCc1ccc(OC(F)(F)F)cc1.Cl. The average molecular weight is 353 g/mol. The molecule has 1 saturated heterocycles. The number of ether oxygens (including phenoxy) is 1. The number of aryl methyl sites for hydroxylation is 1. The molecule has 0 aliphatic carbocycles. The molecule has 130 valence electrons. The minimum absolute atomic E-state index is 0. The van der Waals surface area contributed by atoms with Gasteiger partial charge in [-0.2, -0.15) is 0 Å². The van der Waals surface area contributed by atoms with Crippen LogP contribution in [0.4, 0.5) is 13.2 Å². The van der Waals surface area contributed by atoms with Crippen molar-refractivity contribution in [3.05, 3.63) is 29.8 Å². The lowest BCUT2D eigenvalue weighted by Gasteiger charge is -2.34. The van der Waals surface area contributed by atoms with E-state index in [1.165, 1.54) is 12.1 Å². The molecule has 0 unspecified atom stereocenters. The highest BCUT2D eigenvalue weighted by atomic mass is 35.5. The summed E-state index contributed by atoms with van der Waals surface area (Å²) in [5.41, 5.74) is 0.811. The molecule has 1 heterocycles. The number of piperazine rings is 1. The maximum Gasteiger partial charge on any atom is 0.573 e. The molecule has 1 atom stereocenters. The van der Waals surface area contributed by atoms with Gasteiger partial charge in [0, 0.05) is 32.1 Å². The van der Waals surface area contributed by atoms with Crippen LogP contribution in [0.2, 0.25) is 0 Å². The first-order valence-corrected chi connectivity index (χ1v) is 7.20. The second-order valence-electron chi connectivity index (χ2n) is 5.33. The van der Waals surface area contributed by atoms with Crippen LogP contribution in [0.3, 0.4) is 0 Å². The lowest BCUT2D eigenvalue weighted by molar-refractivity contribution is -0.274. The smallest absolute Gasteiger partial charge is 0.406 e. The van der Waals surface area contributed by atoms with E-state index in [0.717, 1.165) is 18.7 Å². The zero-order valence-corrected chi connectivity index (χ0v) is 13.5. The van der Waals surface area contributed by atoms with Gasteiger partial charge in [-0.3, -0.25) is 4.79 Å². The number of halogens is 4. The Bertz CT molecular complexity index is 508. The van der Waals surface area contributed by atoms with Crippen LogP contribution < -0.4 is 10.1 Å². The van der Waals surface area contributed by atoms with Crippen molar-refractivity contribution in [1.29, 1.82) is 0 Å². The number of rotatable bonds is 4. The Morgan fingerprint density at radius 3 is 2.57 bits per heavy atom. The van der Waals surface area contributed by atoms with Gasteiger partial charge in [0.15, 0.2) is 0 Å². The Labute approximate surface area is 139 Å². The molecule has 0 saturated carbocycles. The van der Waals surface area contributed by atoms with Crippen molar-refractivity contribution in [1.82, 2.24) is 10.2 Å². The fraction of sp³-hybridized carbons (Fsp3) is 0.533. The molecule has 1 aromatic carbocycles. The summed E-state index contributed by atoms with van der Waals surface area (Å²) < 4.78 is 40.0. The lowest BCUT2D eigenvalue weighted by atomic mass is 10.1. The summed E-state index contributed by atoms with van der Waals surface area (Å²) in [5, 5.41) is 3.22. The van der Waals surface area contributed by atoms with Gasteiger partial charge in [0.25, 0.3) is 0 Å². The molecule has 0 bridgehead atoms. The van der Waals surface area contributed by atoms with Crippen molar-refractivity contribution in [2.24, 2.45) is 0 Å². The third-order valence-electron chi connectivity index (χ3n) is 3.61. The number of alkyl halides is 3. The predicted molar refractivity (Wildman–Crippen MR) is 82.7 cm³/mol. The number of hydrogen-bond acceptors (Lipinski definition) is 3. The Kier molecular flexibility index (Phi) is 7.15. The Morgan fingerprint density at radius 1 is 1.35 bits per heavy atom. The van der Waals surface area contributed by atoms with Gasteiger partial charge in [-0.25, -0.2) is 0 Å². The molecule has 1 fully saturated rings. The quantitative estimate of drug-likeness (QED) is 0.906. The summed E-state index contributed by atoms with van der Waals surface area (Å²) in [6, 6.07) is 5.80. The molecule has 1 aliphatic heterocycles. The molecule has 4 nitrogen and oxygen atoms in total. The standard InChI is InChI=1S/C15H19F3N2O2.ClH/c1-11-10-19-8-9-20(11)14(21)7-4-12-2-5-13(6-3-12)22-15(16,17)18;/h2-3,5-6,11,19H,4,7-10H2,1H3;1H/t11-;/m1./s1. The molecule has 1 N–H and O–H groups in total. The maximum atomic E-state index is 12.2. The van der Waals surface area contributed by atoms with Crippen LogP contribution in [0.1, 0.15) is 18.9 Å². The largest absolute Gasteiger partial charge is 0.573 e. The van der Waals surface area contributed by atoms with Crippen LogP contribution >= 0.6 is 12.4 Å². The van der Waals surface area contributed by atoms with Crippen molar-refractivity contribution in [2.45, 2.75) is 32.2 Å². The topological polar surface area (TPSA) is 41.6 Å². The maximum absolute atomic E-state index is 12.2. The average Bonchev–Trinajstić information content (AvgIpc) is 2.45. The minimum Gasteiger partial charge on any atom is -0.406 e. The summed E-state index contributed by atoms with van der Waals surface area (Å²) in [6.07, 6.45) is -3.83. The summed E-state index contributed by atoms with van der Waals surface area (Å²) in [5.74, 6) is -0.178. The summed E-state index contributed by atoms with van der Waals surface area (Å²) in [4.78, 5) is 14.0. The number of nitrogens with one attached hydrogen (secondary N) is 1. The van der Waals surface area contributed by atoms with E-state index in [-0.39, 0.29) is 30.1 Å². The summed E-state index contributed by atoms with van der Waals surface area (Å²) in [7, 11) is 0. The number of benzene rings is 1. The summed E-state index contributed by atoms with van der Waals surface area (Å²) >= 11 is 0. The van der Waals surface area contributed by atoms with Gasteiger partial charge in [0.05, 0.1) is 0 Å². The second kappa shape index (κ2) is 8.40. The first kappa shape index (κ1) is 19.6. The van der Waals surface area contributed by atoms with Gasteiger partial charge in [0.2, 0.25) is 5.91 Å². The van der Waals surface area contributed by atoms with Crippen LogP contribution in [-0.4, -0.2) is 42.8 Å². The third-order valence-corrected chi connectivity index (χ3v) is 3.61. The Hall–Kier alpha value is -1.47. The van der Waals surface area contributed by atoms with E-state index < -0.39 is 6.36 Å². The number of carbonyl (C=O) groups excluding carboxylic acids is 1. The molecule has 1 aromatic rings. The fourth-order valence-electron chi connectivity index (χ4n) is 2.46. The number of amides is 1. The van der Waals surface area contributed by atoms with E-state index in [9.17, 15) is 18.0 Å². The van der Waals surface area contributed by atoms with E-state index in [1.807, 2.05) is 11.8 Å². The van der Waals surface area contributed by atoms with Gasteiger partial charge < -0.3 is 15.0 Å². The van der Waals surface area contributed by atoms with E-state index >= 15 is 0 Å². The van der Waals surface area contributed by atoms with Crippen LogP contribution in [0, 0.1) is 0 Å². The molecule has 8 heteroatoms. The van der Waals surface area contributed by atoms with Crippen LogP contribution in [-0.2, 0) is 11.2 Å². The lowest BCUT2D eigenvalue weighted by Crippen LogP contribution is -2.52.